The number of nitrogens with one attached hydrogen (secondary N) is 1. The van der Waals surface area contributed by atoms with Crippen molar-refractivity contribution in [3.8, 4) is 0 Å². The fourth-order valence-electron chi connectivity index (χ4n) is 3.74. The first-order valence-corrected chi connectivity index (χ1v) is 9.52. The number of aryl methyl sites for hydroxylation is 1. The van der Waals surface area contributed by atoms with Crippen molar-refractivity contribution in [3.05, 3.63) is 39.7 Å². The lowest BCUT2D eigenvalue weighted by molar-refractivity contribution is -0.119. The second kappa shape index (κ2) is 8.18. The highest BCUT2D eigenvalue weighted by molar-refractivity contribution is 5.95. The van der Waals surface area contributed by atoms with Crippen LogP contribution < -0.4 is 15.6 Å². The van der Waals surface area contributed by atoms with Gasteiger partial charge in [-0.3, -0.25) is 9.59 Å². The third-order valence-electron chi connectivity index (χ3n) is 4.98. The van der Waals surface area contributed by atoms with Crippen LogP contribution in [0.2, 0.25) is 0 Å². The molecule has 1 aliphatic rings. The molecule has 3 rings (SSSR count). The number of amides is 1. The van der Waals surface area contributed by atoms with Gasteiger partial charge in [0, 0.05) is 38.8 Å². The van der Waals surface area contributed by atoms with E-state index in [0.717, 1.165) is 6.07 Å². The molecule has 1 aromatic carbocycles. The van der Waals surface area contributed by atoms with Crippen LogP contribution in [0.25, 0.3) is 10.9 Å². The molecule has 1 aromatic heterocycles. The Kier molecular flexibility index (Phi) is 5.86. The molecule has 1 unspecified atom stereocenters. The van der Waals surface area contributed by atoms with E-state index in [2.05, 4.69) is 5.32 Å². The van der Waals surface area contributed by atoms with E-state index in [-0.39, 0.29) is 53.8 Å². The first-order valence-electron chi connectivity index (χ1n) is 9.52. The van der Waals surface area contributed by atoms with E-state index in [1.165, 1.54) is 22.6 Å². The highest BCUT2D eigenvalue weighted by Crippen LogP contribution is 2.32. The minimum absolute atomic E-state index is 0.0649. The van der Waals surface area contributed by atoms with E-state index in [1.807, 2.05) is 0 Å². The largest absolute Gasteiger partial charge is 0.462 e. The number of aromatic nitrogens is 1. The summed E-state index contributed by atoms with van der Waals surface area (Å²) in [5.74, 6) is -2.79. The normalized spacial score (nSPS) is 16.3. The molecular formula is C20H23F2N3O4. The predicted molar refractivity (Wildman–Crippen MR) is 104 cm³/mol. The molecule has 0 aliphatic carbocycles. The van der Waals surface area contributed by atoms with Gasteiger partial charge in [0.05, 0.1) is 17.5 Å². The van der Waals surface area contributed by atoms with Crippen LogP contribution in [0.5, 0.6) is 0 Å². The molecular weight excluding hydrogens is 384 g/mol. The van der Waals surface area contributed by atoms with Gasteiger partial charge in [0.1, 0.15) is 17.1 Å². The Morgan fingerprint density at radius 3 is 2.66 bits per heavy atom. The summed E-state index contributed by atoms with van der Waals surface area (Å²) < 4.78 is 36.6. The topological polar surface area (TPSA) is 80.6 Å². The number of pyridine rings is 1. The maximum Gasteiger partial charge on any atom is 0.343 e. The van der Waals surface area contributed by atoms with Gasteiger partial charge < -0.3 is 19.5 Å². The van der Waals surface area contributed by atoms with E-state index in [0.29, 0.717) is 13.0 Å². The van der Waals surface area contributed by atoms with Crippen LogP contribution in [0.15, 0.2) is 17.1 Å². The highest BCUT2D eigenvalue weighted by Gasteiger charge is 2.30. The maximum atomic E-state index is 15.4. The van der Waals surface area contributed by atoms with E-state index < -0.39 is 23.0 Å². The van der Waals surface area contributed by atoms with Crippen LogP contribution in [-0.2, 0) is 16.1 Å². The van der Waals surface area contributed by atoms with Crippen molar-refractivity contribution < 1.29 is 23.1 Å². The highest BCUT2D eigenvalue weighted by atomic mass is 19.1. The van der Waals surface area contributed by atoms with E-state index in [9.17, 15) is 18.8 Å². The number of benzene rings is 1. The van der Waals surface area contributed by atoms with Crippen molar-refractivity contribution in [1.29, 1.82) is 0 Å². The minimum Gasteiger partial charge on any atom is -0.462 e. The second-order valence-corrected chi connectivity index (χ2v) is 6.93. The van der Waals surface area contributed by atoms with Crippen LogP contribution in [0.3, 0.4) is 0 Å². The zero-order valence-electron chi connectivity index (χ0n) is 16.6. The van der Waals surface area contributed by atoms with Crippen molar-refractivity contribution in [2.45, 2.75) is 39.8 Å². The molecule has 0 saturated carbocycles. The molecule has 0 spiro atoms. The van der Waals surface area contributed by atoms with Gasteiger partial charge in [-0.15, -0.1) is 0 Å². The number of carbonyl (C=O) groups excluding carboxylic acids is 2. The Bertz CT molecular complexity index is 1030. The van der Waals surface area contributed by atoms with E-state index >= 15 is 4.39 Å². The Balaban J connectivity index is 2.14. The Morgan fingerprint density at radius 2 is 2.03 bits per heavy atom. The number of esters is 1. The molecule has 1 atom stereocenters. The number of nitrogens with zero attached hydrogens (tertiary/aromatic N) is 2. The van der Waals surface area contributed by atoms with Gasteiger partial charge in [0.25, 0.3) is 0 Å². The quantitative estimate of drug-likeness (QED) is 0.769. The molecule has 2 heterocycles. The van der Waals surface area contributed by atoms with Crippen molar-refractivity contribution >= 4 is 28.5 Å². The molecule has 1 aliphatic heterocycles. The number of fused-ring (bicyclic) bond motifs is 1. The molecule has 9 heteroatoms. The number of carbonyl (C=O) groups is 2. The molecule has 0 radical (unpaired) electrons. The van der Waals surface area contributed by atoms with E-state index in [1.54, 1.807) is 13.8 Å². The summed E-state index contributed by atoms with van der Waals surface area (Å²) in [6.45, 7) is 5.68. The summed E-state index contributed by atoms with van der Waals surface area (Å²) >= 11 is 0. The molecule has 1 amide bonds. The second-order valence-electron chi connectivity index (χ2n) is 6.93. The zero-order valence-corrected chi connectivity index (χ0v) is 16.6. The Labute approximate surface area is 166 Å². The number of halogens is 2. The average Bonchev–Trinajstić information content (AvgIpc) is 3.09. The molecule has 1 saturated heterocycles. The molecule has 2 aromatic rings. The predicted octanol–water partition coefficient (Wildman–Crippen LogP) is 2.19. The summed E-state index contributed by atoms with van der Waals surface area (Å²) in [5.41, 5.74) is -1.34. The van der Waals surface area contributed by atoms with Crippen molar-refractivity contribution in [1.82, 2.24) is 9.88 Å². The minimum atomic E-state index is -0.890. The smallest absolute Gasteiger partial charge is 0.343 e. The summed E-state index contributed by atoms with van der Waals surface area (Å²) in [5, 5.41) is 2.53. The van der Waals surface area contributed by atoms with Crippen LogP contribution in [0.1, 0.15) is 37.6 Å². The van der Waals surface area contributed by atoms with Crippen molar-refractivity contribution in [2.24, 2.45) is 0 Å². The van der Waals surface area contributed by atoms with Gasteiger partial charge in [0.2, 0.25) is 11.3 Å². The van der Waals surface area contributed by atoms with Gasteiger partial charge in [0.15, 0.2) is 5.82 Å². The SMILES string of the molecule is CCOC(=O)c1cn(CC)c2c(F)c(N3CCC(NC(C)=O)C3)c(F)cc2c1=O. The maximum absolute atomic E-state index is 15.4. The Hall–Kier alpha value is -2.97. The molecule has 29 heavy (non-hydrogen) atoms. The summed E-state index contributed by atoms with van der Waals surface area (Å²) in [7, 11) is 0. The molecule has 0 bridgehead atoms. The van der Waals surface area contributed by atoms with Crippen molar-refractivity contribution in [2.75, 3.05) is 24.6 Å². The fourth-order valence-corrected chi connectivity index (χ4v) is 3.74. The van der Waals surface area contributed by atoms with Crippen LogP contribution in [0.4, 0.5) is 14.5 Å². The van der Waals surface area contributed by atoms with Gasteiger partial charge in [-0.25, -0.2) is 13.6 Å². The van der Waals surface area contributed by atoms with Crippen LogP contribution >= 0.6 is 0 Å². The van der Waals surface area contributed by atoms with Gasteiger partial charge in [-0.1, -0.05) is 0 Å². The fraction of sp³-hybridized carbons (Fsp3) is 0.450. The zero-order chi connectivity index (χ0) is 21.3. The lowest BCUT2D eigenvalue weighted by Crippen LogP contribution is -2.36. The number of ether oxygens (including phenoxy) is 1. The number of hydrogen-bond acceptors (Lipinski definition) is 5. The molecule has 156 valence electrons. The Morgan fingerprint density at radius 1 is 1.31 bits per heavy atom. The van der Waals surface area contributed by atoms with Gasteiger partial charge >= 0.3 is 5.97 Å². The van der Waals surface area contributed by atoms with E-state index in [4.69, 9.17) is 4.74 Å². The lowest BCUT2D eigenvalue weighted by atomic mass is 10.1. The first-order chi connectivity index (χ1) is 13.8. The van der Waals surface area contributed by atoms with Gasteiger partial charge in [-0.05, 0) is 26.3 Å². The first kappa shape index (κ1) is 20.8. The van der Waals surface area contributed by atoms with Crippen LogP contribution in [-0.4, -0.2) is 42.2 Å². The van der Waals surface area contributed by atoms with Crippen molar-refractivity contribution in [3.63, 3.8) is 0 Å². The molecule has 1 N–H and O–H groups in total. The number of rotatable bonds is 5. The number of anilines is 1. The van der Waals surface area contributed by atoms with Crippen LogP contribution in [0, 0.1) is 11.6 Å². The standard InChI is InChI=1S/C20H23F2N3O4/c1-4-24-10-14(20(28)29-5-2)19(27)13-8-15(21)18(16(22)17(13)24)25-7-6-12(9-25)23-11(3)26/h8,10,12H,4-7,9H2,1-3H3,(H,23,26). The molecule has 1 fully saturated rings. The lowest BCUT2D eigenvalue weighted by Gasteiger charge is -2.22. The summed E-state index contributed by atoms with van der Waals surface area (Å²) in [6, 6.07) is 0.762. The number of hydrogen-bond donors (Lipinski definition) is 1. The average molecular weight is 407 g/mol. The molecule has 7 nitrogen and oxygen atoms in total. The summed E-state index contributed by atoms with van der Waals surface area (Å²) in [4.78, 5) is 37.6. The third kappa shape index (κ3) is 3.81. The summed E-state index contributed by atoms with van der Waals surface area (Å²) in [6.07, 6.45) is 1.80. The monoisotopic (exact) mass is 407 g/mol. The third-order valence-corrected chi connectivity index (χ3v) is 4.98. The van der Waals surface area contributed by atoms with Gasteiger partial charge in [-0.2, -0.15) is 0 Å².